The molecule has 0 saturated carbocycles. The van der Waals surface area contributed by atoms with Gasteiger partial charge in [0.15, 0.2) is 0 Å². The van der Waals surface area contributed by atoms with E-state index in [1.807, 2.05) is 18.2 Å². The molecule has 19 heavy (non-hydrogen) atoms. The van der Waals surface area contributed by atoms with E-state index in [9.17, 15) is 5.11 Å². The van der Waals surface area contributed by atoms with Crippen LogP contribution in [0.4, 0.5) is 0 Å². The van der Waals surface area contributed by atoms with Crippen molar-refractivity contribution < 1.29 is 14.6 Å². The van der Waals surface area contributed by atoms with Gasteiger partial charge in [-0.1, -0.05) is 6.42 Å². The highest BCUT2D eigenvalue weighted by atomic mass is 16.5. The Bertz CT molecular complexity index is 389. The van der Waals surface area contributed by atoms with Gasteiger partial charge in [0.05, 0.1) is 13.7 Å². The first kappa shape index (κ1) is 14.2. The molecule has 1 N–H and O–H groups in total. The fourth-order valence-electron chi connectivity index (χ4n) is 2.41. The predicted octanol–water partition coefficient (Wildman–Crippen LogP) is 2.05. The number of piperidine rings is 1. The number of rotatable bonds is 6. The molecule has 106 valence electrons. The van der Waals surface area contributed by atoms with Gasteiger partial charge in [0.25, 0.3) is 0 Å². The van der Waals surface area contributed by atoms with Gasteiger partial charge < -0.3 is 14.6 Å². The number of hydrogen-bond acceptors (Lipinski definition) is 4. The van der Waals surface area contributed by atoms with Crippen LogP contribution in [0.3, 0.4) is 0 Å². The van der Waals surface area contributed by atoms with Gasteiger partial charge in [0.1, 0.15) is 18.1 Å². The minimum Gasteiger partial charge on any atom is -0.497 e. The van der Waals surface area contributed by atoms with E-state index >= 15 is 0 Å². The maximum atomic E-state index is 9.34. The Morgan fingerprint density at radius 3 is 2.68 bits per heavy atom. The third kappa shape index (κ3) is 4.11. The molecule has 0 aromatic heterocycles. The molecule has 0 bridgehead atoms. The van der Waals surface area contributed by atoms with Crippen molar-refractivity contribution in [3.8, 4) is 11.5 Å². The Balaban J connectivity index is 1.84. The fraction of sp³-hybridized carbons (Fsp3) is 0.600. The maximum Gasteiger partial charge on any atom is 0.125 e. The average Bonchev–Trinajstić information content (AvgIpc) is 2.48. The number of aliphatic hydroxyl groups is 1. The van der Waals surface area contributed by atoms with E-state index in [2.05, 4.69) is 4.90 Å². The lowest BCUT2D eigenvalue weighted by Crippen LogP contribution is -2.33. The summed E-state index contributed by atoms with van der Waals surface area (Å²) in [6.07, 6.45) is 3.94. The van der Waals surface area contributed by atoms with Crippen LogP contribution in [0, 0.1) is 0 Å². The Labute approximate surface area is 114 Å². The van der Waals surface area contributed by atoms with E-state index in [1.54, 1.807) is 7.11 Å². The summed E-state index contributed by atoms with van der Waals surface area (Å²) >= 11 is 0. The number of aliphatic hydroxyl groups excluding tert-OH is 1. The average molecular weight is 265 g/mol. The summed E-state index contributed by atoms with van der Waals surface area (Å²) in [6.45, 7) is 3.95. The SMILES string of the molecule is COc1ccc(OCCN2CCCCC2)c(CO)c1. The molecule has 1 aromatic carbocycles. The zero-order chi connectivity index (χ0) is 13.5. The van der Waals surface area contributed by atoms with E-state index in [-0.39, 0.29) is 6.61 Å². The van der Waals surface area contributed by atoms with Crippen LogP contribution in [0.1, 0.15) is 24.8 Å². The lowest BCUT2D eigenvalue weighted by Gasteiger charge is -2.26. The van der Waals surface area contributed by atoms with Crippen molar-refractivity contribution in [3.05, 3.63) is 23.8 Å². The third-order valence-corrected chi connectivity index (χ3v) is 3.55. The van der Waals surface area contributed by atoms with E-state index in [0.29, 0.717) is 6.61 Å². The number of hydrogen-bond donors (Lipinski definition) is 1. The first-order valence-electron chi connectivity index (χ1n) is 6.96. The smallest absolute Gasteiger partial charge is 0.125 e. The summed E-state index contributed by atoms with van der Waals surface area (Å²) < 4.78 is 10.9. The van der Waals surface area contributed by atoms with Crippen molar-refractivity contribution >= 4 is 0 Å². The number of likely N-dealkylation sites (tertiary alicyclic amines) is 1. The topological polar surface area (TPSA) is 41.9 Å². The van der Waals surface area contributed by atoms with E-state index in [4.69, 9.17) is 9.47 Å². The molecule has 4 heteroatoms. The molecule has 0 spiro atoms. The molecule has 0 amide bonds. The Morgan fingerprint density at radius 2 is 2.00 bits per heavy atom. The molecule has 1 aromatic rings. The second-order valence-electron chi connectivity index (χ2n) is 4.88. The largest absolute Gasteiger partial charge is 0.497 e. The maximum absolute atomic E-state index is 9.34. The molecular weight excluding hydrogens is 242 g/mol. The normalized spacial score (nSPS) is 16.3. The molecule has 4 nitrogen and oxygen atoms in total. The summed E-state index contributed by atoms with van der Waals surface area (Å²) in [7, 11) is 1.62. The Kier molecular flexibility index (Phi) is 5.48. The summed E-state index contributed by atoms with van der Waals surface area (Å²) in [6, 6.07) is 5.53. The minimum atomic E-state index is -0.0315. The van der Waals surface area contributed by atoms with Crippen molar-refractivity contribution in [2.75, 3.05) is 33.4 Å². The Hall–Kier alpha value is -1.26. The molecule has 1 saturated heterocycles. The van der Waals surface area contributed by atoms with Crippen LogP contribution >= 0.6 is 0 Å². The first-order chi connectivity index (χ1) is 9.33. The molecule has 0 radical (unpaired) electrons. The van der Waals surface area contributed by atoms with Gasteiger partial charge in [0, 0.05) is 12.1 Å². The van der Waals surface area contributed by atoms with Crippen LogP contribution in [0.5, 0.6) is 11.5 Å². The number of ether oxygens (including phenoxy) is 2. The molecule has 0 aliphatic carbocycles. The zero-order valence-electron chi connectivity index (χ0n) is 11.6. The summed E-state index contributed by atoms with van der Waals surface area (Å²) in [5.74, 6) is 1.49. The monoisotopic (exact) mass is 265 g/mol. The van der Waals surface area contributed by atoms with Crippen LogP contribution in [0.2, 0.25) is 0 Å². The molecule has 1 heterocycles. The van der Waals surface area contributed by atoms with Crippen LogP contribution in [0.15, 0.2) is 18.2 Å². The summed E-state index contributed by atoms with van der Waals surface area (Å²) in [4.78, 5) is 2.44. The quantitative estimate of drug-likeness (QED) is 0.855. The second kappa shape index (κ2) is 7.36. The minimum absolute atomic E-state index is 0.0315. The van der Waals surface area contributed by atoms with Gasteiger partial charge in [-0.15, -0.1) is 0 Å². The lowest BCUT2D eigenvalue weighted by atomic mass is 10.1. The second-order valence-corrected chi connectivity index (χ2v) is 4.88. The number of benzene rings is 1. The lowest BCUT2D eigenvalue weighted by molar-refractivity contribution is 0.180. The molecular formula is C15H23NO3. The highest BCUT2D eigenvalue weighted by molar-refractivity contribution is 5.39. The van der Waals surface area contributed by atoms with Crippen LogP contribution in [0.25, 0.3) is 0 Å². The highest BCUT2D eigenvalue weighted by Crippen LogP contribution is 2.24. The van der Waals surface area contributed by atoms with Crippen molar-refractivity contribution in [2.45, 2.75) is 25.9 Å². The molecule has 2 rings (SSSR count). The van der Waals surface area contributed by atoms with E-state index < -0.39 is 0 Å². The molecule has 0 atom stereocenters. The number of nitrogens with zero attached hydrogens (tertiary/aromatic N) is 1. The van der Waals surface area contributed by atoms with Gasteiger partial charge in [-0.25, -0.2) is 0 Å². The highest BCUT2D eigenvalue weighted by Gasteiger charge is 2.10. The molecule has 1 aliphatic heterocycles. The van der Waals surface area contributed by atoms with Gasteiger partial charge in [-0.3, -0.25) is 4.90 Å². The van der Waals surface area contributed by atoms with Crippen molar-refractivity contribution in [3.63, 3.8) is 0 Å². The Morgan fingerprint density at radius 1 is 1.21 bits per heavy atom. The standard InChI is InChI=1S/C15H23NO3/c1-18-14-5-6-15(13(11-14)12-17)19-10-9-16-7-3-2-4-8-16/h5-6,11,17H,2-4,7-10,12H2,1H3. The fourth-order valence-corrected chi connectivity index (χ4v) is 2.41. The summed E-state index contributed by atoms with van der Waals surface area (Å²) in [5, 5.41) is 9.34. The van der Waals surface area contributed by atoms with E-state index in [0.717, 1.165) is 23.6 Å². The predicted molar refractivity (Wildman–Crippen MR) is 74.7 cm³/mol. The van der Waals surface area contributed by atoms with Crippen LogP contribution < -0.4 is 9.47 Å². The first-order valence-corrected chi connectivity index (χ1v) is 6.96. The van der Waals surface area contributed by atoms with Crippen molar-refractivity contribution in [2.24, 2.45) is 0 Å². The summed E-state index contributed by atoms with van der Waals surface area (Å²) in [5.41, 5.74) is 0.776. The third-order valence-electron chi connectivity index (χ3n) is 3.55. The molecule has 0 unspecified atom stereocenters. The van der Waals surface area contributed by atoms with Gasteiger partial charge in [-0.05, 0) is 44.1 Å². The van der Waals surface area contributed by atoms with Crippen LogP contribution in [-0.2, 0) is 6.61 Å². The molecule has 1 fully saturated rings. The van der Waals surface area contributed by atoms with E-state index in [1.165, 1.54) is 32.4 Å². The number of methoxy groups -OCH3 is 1. The molecule has 1 aliphatic rings. The van der Waals surface area contributed by atoms with Gasteiger partial charge in [-0.2, -0.15) is 0 Å². The van der Waals surface area contributed by atoms with Gasteiger partial charge in [0.2, 0.25) is 0 Å². The zero-order valence-corrected chi connectivity index (χ0v) is 11.6. The van der Waals surface area contributed by atoms with Crippen molar-refractivity contribution in [1.82, 2.24) is 4.90 Å². The van der Waals surface area contributed by atoms with Crippen LogP contribution in [-0.4, -0.2) is 43.4 Å². The van der Waals surface area contributed by atoms with Gasteiger partial charge >= 0.3 is 0 Å². The van der Waals surface area contributed by atoms with Crippen molar-refractivity contribution in [1.29, 1.82) is 0 Å².